The summed E-state index contributed by atoms with van der Waals surface area (Å²) in [5.41, 5.74) is 2.66. The molecule has 70 valence electrons. The molecule has 1 aromatic carbocycles. The highest BCUT2D eigenvalue weighted by molar-refractivity contribution is 5.24. The standard InChI is InChI=1S/C11H16N2/c1-9-4-6-10(7-5-9)11-3-2-8-13(11)12/h4-7,11H,2-3,8,12H2,1H3/t11-/m1/s1. The average molecular weight is 176 g/mol. The van der Waals surface area contributed by atoms with Crippen LogP contribution in [0.5, 0.6) is 0 Å². The monoisotopic (exact) mass is 176 g/mol. The van der Waals surface area contributed by atoms with E-state index in [0.717, 1.165) is 6.54 Å². The van der Waals surface area contributed by atoms with E-state index in [2.05, 4.69) is 31.2 Å². The molecule has 1 fully saturated rings. The van der Waals surface area contributed by atoms with Gasteiger partial charge in [0.15, 0.2) is 0 Å². The van der Waals surface area contributed by atoms with Crippen molar-refractivity contribution in [3.8, 4) is 0 Å². The molecule has 1 aliphatic rings. The third-order valence-electron chi connectivity index (χ3n) is 2.76. The molecule has 0 saturated carbocycles. The van der Waals surface area contributed by atoms with Crippen molar-refractivity contribution in [1.82, 2.24) is 5.01 Å². The van der Waals surface area contributed by atoms with Crippen LogP contribution < -0.4 is 5.84 Å². The van der Waals surface area contributed by atoms with E-state index in [1.165, 1.54) is 24.0 Å². The van der Waals surface area contributed by atoms with E-state index in [1.54, 1.807) is 0 Å². The molecule has 1 atom stereocenters. The molecule has 13 heavy (non-hydrogen) atoms. The summed E-state index contributed by atoms with van der Waals surface area (Å²) in [7, 11) is 0. The summed E-state index contributed by atoms with van der Waals surface area (Å²) in [6.07, 6.45) is 2.41. The average Bonchev–Trinajstić information content (AvgIpc) is 2.53. The van der Waals surface area contributed by atoms with Crippen LogP contribution in [0, 0.1) is 6.92 Å². The molecule has 2 rings (SSSR count). The summed E-state index contributed by atoms with van der Waals surface area (Å²) in [5.74, 6) is 5.88. The van der Waals surface area contributed by atoms with Crippen molar-refractivity contribution in [3.05, 3.63) is 35.4 Å². The van der Waals surface area contributed by atoms with Gasteiger partial charge in [-0.25, -0.2) is 5.01 Å². The van der Waals surface area contributed by atoms with E-state index < -0.39 is 0 Å². The Bertz CT molecular complexity index is 279. The van der Waals surface area contributed by atoms with Crippen LogP contribution in [0.15, 0.2) is 24.3 Å². The van der Waals surface area contributed by atoms with Gasteiger partial charge in [-0.15, -0.1) is 0 Å². The molecule has 2 N–H and O–H groups in total. The van der Waals surface area contributed by atoms with Crippen LogP contribution in [0.3, 0.4) is 0 Å². The summed E-state index contributed by atoms with van der Waals surface area (Å²) in [6.45, 7) is 3.14. The lowest BCUT2D eigenvalue weighted by Crippen LogP contribution is -2.30. The molecule has 1 aromatic rings. The molecule has 0 bridgehead atoms. The second-order valence-corrected chi connectivity index (χ2v) is 3.81. The Morgan fingerprint density at radius 2 is 2.00 bits per heavy atom. The van der Waals surface area contributed by atoms with Gasteiger partial charge in [-0.05, 0) is 25.3 Å². The number of benzene rings is 1. The Kier molecular flexibility index (Phi) is 2.34. The highest BCUT2D eigenvalue weighted by Gasteiger charge is 2.22. The van der Waals surface area contributed by atoms with E-state index in [9.17, 15) is 0 Å². The summed E-state index contributed by atoms with van der Waals surface area (Å²) in [6, 6.07) is 9.12. The molecule has 0 radical (unpaired) electrons. The molecule has 0 amide bonds. The SMILES string of the molecule is Cc1ccc([C@H]2CCCN2N)cc1. The van der Waals surface area contributed by atoms with Gasteiger partial charge in [-0.2, -0.15) is 0 Å². The third kappa shape index (κ3) is 1.74. The highest BCUT2D eigenvalue weighted by Crippen LogP contribution is 2.28. The Labute approximate surface area is 79.3 Å². The van der Waals surface area contributed by atoms with Crippen LogP contribution >= 0.6 is 0 Å². The number of hydrogen-bond donors (Lipinski definition) is 1. The van der Waals surface area contributed by atoms with Gasteiger partial charge in [0.25, 0.3) is 0 Å². The summed E-state index contributed by atoms with van der Waals surface area (Å²) >= 11 is 0. The molecule has 1 heterocycles. The van der Waals surface area contributed by atoms with Gasteiger partial charge in [0.1, 0.15) is 0 Å². The molecule has 2 nitrogen and oxygen atoms in total. The maximum atomic E-state index is 5.88. The first-order valence-electron chi connectivity index (χ1n) is 4.85. The van der Waals surface area contributed by atoms with Gasteiger partial charge >= 0.3 is 0 Å². The zero-order chi connectivity index (χ0) is 9.26. The Balaban J connectivity index is 2.20. The van der Waals surface area contributed by atoms with Gasteiger partial charge in [0.2, 0.25) is 0 Å². The van der Waals surface area contributed by atoms with Gasteiger partial charge in [0, 0.05) is 12.6 Å². The lowest BCUT2D eigenvalue weighted by atomic mass is 10.0. The molecule has 0 aromatic heterocycles. The second-order valence-electron chi connectivity index (χ2n) is 3.81. The fourth-order valence-corrected chi connectivity index (χ4v) is 1.94. The first-order valence-corrected chi connectivity index (χ1v) is 4.85. The van der Waals surface area contributed by atoms with Crippen LogP contribution in [-0.2, 0) is 0 Å². The summed E-state index contributed by atoms with van der Waals surface area (Å²) in [5, 5.41) is 1.95. The minimum absolute atomic E-state index is 0.445. The van der Waals surface area contributed by atoms with E-state index >= 15 is 0 Å². The molecule has 0 unspecified atom stereocenters. The summed E-state index contributed by atoms with van der Waals surface area (Å²) in [4.78, 5) is 0. The number of hydrogen-bond acceptors (Lipinski definition) is 2. The quantitative estimate of drug-likeness (QED) is 0.663. The maximum Gasteiger partial charge on any atom is 0.0491 e. The zero-order valence-corrected chi connectivity index (χ0v) is 8.03. The maximum absolute atomic E-state index is 5.88. The molecular formula is C11H16N2. The van der Waals surface area contributed by atoms with Crippen LogP contribution in [0.4, 0.5) is 0 Å². The van der Waals surface area contributed by atoms with Gasteiger partial charge < -0.3 is 0 Å². The molecular weight excluding hydrogens is 160 g/mol. The number of rotatable bonds is 1. The van der Waals surface area contributed by atoms with Crippen molar-refractivity contribution >= 4 is 0 Å². The minimum atomic E-state index is 0.445. The Morgan fingerprint density at radius 3 is 2.54 bits per heavy atom. The number of nitrogens with zero attached hydrogens (tertiary/aromatic N) is 1. The first-order chi connectivity index (χ1) is 6.27. The van der Waals surface area contributed by atoms with E-state index in [4.69, 9.17) is 5.84 Å². The van der Waals surface area contributed by atoms with Gasteiger partial charge in [-0.1, -0.05) is 29.8 Å². The third-order valence-corrected chi connectivity index (χ3v) is 2.76. The van der Waals surface area contributed by atoms with Crippen molar-refractivity contribution in [2.75, 3.05) is 6.54 Å². The van der Waals surface area contributed by atoms with Crippen LogP contribution in [0.1, 0.15) is 30.0 Å². The largest absolute Gasteiger partial charge is 0.268 e. The van der Waals surface area contributed by atoms with E-state index in [0.29, 0.717) is 6.04 Å². The molecule has 1 aliphatic heterocycles. The van der Waals surface area contributed by atoms with Crippen molar-refractivity contribution < 1.29 is 0 Å². The molecule has 1 saturated heterocycles. The zero-order valence-electron chi connectivity index (χ0n) is 8.03. The van der Waals surface area contributed by atoms with Crippen molar-refractivity contribution in [2.45, 2.75) is 25.8 Å². The summed E-state index contributed by atoms with van der Waals surface area (Å²) < 4.78 is 0. The lowest BCUT2D eigenvalue weighted by molar-refractivity contribution is 0.266. The Morgan fingerprint density at radius 1 is 1.31 bits per heavy atom. The van der Waals surface area contributed by atoms with Crippen molar-refractivity contribution in [1.29, 1.82) is 0 Å². The normalized spacial score (nSPS) is 23.7. The predicted molar refractivity (Wildman–Crippen MR) is 54.0 cm³/mol. The predicted octanol–water partition coefficient (Wildman–Crippen LogP) is 2.01. The smallest absolute Gasteiger partial charge is 0.0491 e. The molecule has 0 spiro atoms. The number of aryl methyl sites for hydroxylation is 1. The van der Waals surface area contributed by atoms with Crippen molar-refractivity contribution in [3.63, 3.8) is 0 Å². The fraction of sp³-hybridized carbons (Fsp3) is 0.455. The highest BCUT2D eigenvalue weighted by atomic mass is 15.4. The topological polar surface area (TPSA) is 29.3 Å². The Hall–Kier alpha value is -0.860. The number of hydrazine groups is 1. The van der Waals surface area contributed by atoms with E-state index in [-0.39, 0.29) is 0 Å². The van der Waals surface area contributed by atoms with E-state index in [1.807, 2.05) is 5.01 Å². The fourth-order valence-electron chi connectivity index (χ4n) is 1.94. The first kappa shape index (κ1) is 8.73. The van der Waals surface area contributed by atoms with Crippen LogP contribution in [0.2, 0.25) is 0 Å². The molecule has 2 heteroatoms. The van der Waals surface area contributed by atoms with Crippen LogP contribution in [-0.4, -0.2) is 11.6 Å². The lowest BCUT2D eigenvalue weighted by Gasteiger charge is -2.19. The van der Waals surface area contributed by atoms with Gasteiger partial charge in [0.05, 0.1) is 0 Å². The second kappa shape index (κ2) is 3.48. The van der Waals surface area contributed by atoms with Gasteiger partial charge in [-0.3, -0.25) is 5.84 Å². The molecule has 0 aliphatic carbocycles. The number of nitrogens with two attached hydrogens (primary N) is 1. The van der Waals surface area contributed by atoms with Crippen LogP contribution in [0.25, 0.3) is 0 Å². The van der Waals surface area contributed by atoms with Crippen molar-refractivity contribution in [2.24, 2.45) is 5.84 Å². The minimum Gasteiger partial charge on any atom is -0.268 e.